The van der Waals surface area contributed by atoms with Crippen LogP contribution in [-0.4, -0.2) is 48.4 Å². The lowest BCUT2D eigenvalue weighted by Crippen LogP contribution is -2.48. The molecular formula is C24H24N4O2. The molecule has 1 aliphatic rings. The summed E-state index contributed by atoms with van der Waals surface area (Å²) in [6, 6.07) is 18.7. The molecular weight excluding hydrogens is 376 g/mol. The van der Waals surface area contributed by atoms with Crippen LogP contribution in [-0.2, 0) is 4.79 Å². The van der Waals surface area contributed by atoms with Gasteiger partial charge in [0.05, 0.1) is 12.2 Å². The molecule has 0 atom stereocenters. The van der Waals surface area contributed by atoms with Crippen LogP contribution in [0.15, 0.2) is 66.9 Å². The first kappa shape index (κ1) is 19.8. The maximum absolute atomic E-state index is 12.7. The Labute approximate surface area is 176 Å². The fraction of sp³-hybridized carbons (Fsp3) is 0.208. The number of anilines is 2. The molecule has 1 aromatic heterocycles. The summed E-state index contributed by atoms with van der Waals surface area (Å²) in [5.41, 5.74) is 5.01. The first-order valence-electron chi connectivity index (χ1n) is 9.93. The molecule has 0 spiro atoms. The average molecular weight is 400 g/mol. The quantitative estimate of drug-likeness (QED) is 0.727. The zero-order chi connectivity index (χ0) is 21.1. The molecule has 6 nitrogen and oxygen atoms in total. The first-order valence-corrected chi connectivity index (χ1v) is 9.93. The minimum atomic E-state index is -0.193. The minimum absolute atomic E-state index is 0.0719. The lowest BCUT2D eigenvalue weighted by atomic mass is 10.0. The van der Waals surface area contributed by atoms with Crippen LogP contribution >= 0.6 is 0 Å². The van der Waals surface area contributed by atoms with Gasteiger partial charge in [0, 0.05) is 41.8 Å². The summed E-state index contributed by atoms with van der Waals surface area (Å²) < 4.78 is 0. The summed E-state index contributed by atoms with van der Waals surface area (Å²) in [6.45, 7) is 3.92. The Balaban J connectivity index is 1.49. The Morgan fingerprint density at radius 3 is 2.53 bits per heavy atom. The molecule has 0 saturated carbocycles. The van der Waals surface area contributed by atoms with Gasteiger partial charge >= 0.3 is 0 Å². The highest BCUT2D eigenvalue weighted by Gasteiger charge is 2.22. The fourth-order valence-electron chi connectivity index (χ4n) is 3.56. The van der Waals surface area contributed by atoms with E-state index in [0.717, 1.165) is 29.1 Å². The van der Waals surface area contributed by atoms with Crippen molar-refractivity contribution < 1.29 is 9.59 Å². The number of likely N-dealkylation sites (N-methyl/N-ethyl adjacent to an activating group) is 1. The molecule has 3 aromatic rings. The van der Waals surface area contributed by atoms with Crippen LogP contribution in [0, 0.1) is 6.92 Å². The summed E-state index contributed by atoms with van der Waals surface area (Å²) in [4.78, 5) is 33.1. The number of hydrogen-bond donors (Lipinski definition) is 1. The molecule has 1 saturated heterocycles. The van der Waals surface area contributed by atoms with Crippen molar-refractivity contribution in [3.8, 4) is 11.3 Å². The van der Waals surface area contributed by atoms with E-state index in [2.05, 4.69) is 10.3 Å². The summed E-state index contributed by atoms with van der Waals surface area (Å²) in [6.07, 6.45) is 1.76. The summed E-state index contributed by atoms with van der Waals surface area (Å²) >= 11 is 0. The number of piperazine rings is 1. The number of amides is 2. The predicted octanol–water partition coefficient (Wildman–Crippen LogP) is 3.59. The fourth-order valence-corrected chi connectivity index (χ4v) is 3.56. The van der Waals surface area contributed by atoms with E-state index in [0.29, 0.717) is 24.3 Å². The van der Waals surface area contributed by atoms with Crippen molar-refractivity contribution in [3.63, 3.8) is 0 Å². The monoisotopic (exact) mass is 400 g/mol. The van der Waals surface area contributed by atoms with Gasteiger partial charge in [-0.1, -0.05) is 12.1 Å². The van der Waals surface area contributed by atoms with Gasteiger partial charge in [0.2, 0.25) is 5.91 Å². The van der Waals surface area contributed by atoms with Crippen molar-refractivity contribution in [3.05, 3.63) is 78.0 Å². The van der Waals surface area contributed by atoms with Crippen LogP contribution in [0.25, 0.3) is 11.3 Å². The third-order valence-electron chi connectivity index (χ3n) is 5.29. The number of carbonyl (C=O) groups excluding carboxylic acids is 2. The van der Waals surface area contributed by atoms with Crippen LogP contribution in [0.3, 0.4) is 0 Å². The third kappa shape index (κ3) is 4.23. The largest absolute Gasteiger partial charge is 0.322 e. The summed E-state index contributed by atoms with van der Waals surface area (Å²) in [5, 5.41) is 2.96. The maximum atomic E-state index is 12.7. The van der Waals surface area contributed by atoms with E-state index in [-0.39, 0.29) is 11.8 Å². The molecule has 0 bridgehead atoms. The van der Waals surface area contributed by atoms with Crippen molar-refractivity contribution in [2.45, 2.75) is 6.92 Å². The molecule has 2 amide bonds. The van der Waals surface area contributed by atoms with Crippen molar-refractivity contribution in [1.29, 1.82) is 0 Å². The second-order valence-electron chi connectivity index (χ2n) is 7.53. The van der Waals surface area contributed by atoms with Crippen LogP contribution in [0.1, 0.15) is 15.9 Å². The number of nitrogens with zero attached hydrogens (tertiary/aromatic N) is 3. The van der Waals surface area contributed by atoms with E-state index in [1.807, 2.05) is 67.4 Å². The topological polar surface area (TPSA) is 65.5 Å². The predicted molar refractivity (Wildman–Crippen MR) is 119 cm³/mol. The maximum Gasteiger partial charge on any atom is 0.255 e. The van der Waals surface area contributed by atoms with Gasteiger partial charge in [-0.3, -0.25) is 19.5 Å². The van der Waals surface area contributed by atoms with Crippen molar-refractivity contribution in [2.75, 3.05) is 36.9 Å². The van der Waals surface area contributed by atoms with Crippen molar-refractivity contribution >= 4 is 23.2 Å². The standard InChI is InChI=1S/C24H24N4O2/c1-17-6-9-19(15-21(17)22-5-3-4-12-25-22)26-24(30)18-7-10-20(11-8-18)28-14-13-27(2)16-23(28)29/h3-12,15H,13-14,16H2,1-2H3,(H,26,30). The Morgan fingerprint density at radius 2 is 1.83 bits per heavy atom. The molecule has 152 valence electrons. The average Bonchev–Trinajstić information content (AvgIpc) is 2.76. The first-order chi connectivity index (χ1) is 14.5. The zero-order valence-electron chi connectivity index (χ0n) is 17.1. The Hall–Kier alpha value is -3.51. The molecule has 30 heavy (non-hydrogen) atoms. The van der Waals surface area contributed by atoms with E-state index in [1.165, 1.54) is 0 Å². The Kier molecular flexibility index (Phi) is 5.59. The number of hydrogen-bond acceptors (Lipinski definition) is 4. The normalized spacial score (nSPS) is 14.6. The summed E-state index contributed by atoms with van der Waals surface area (Å²) in [7, 11) is 1.94. The SMILES string of the molecule is Cc1ccc(NC(=O)c2ccc(N3CCN(C)CC3=O)cc2)cc1-c1ccccn1. The number of benzene rings is 2. The lowest BCUT2D eigenvalue weighted by molar-refractivity contribution is -0.120. The molecule has 2 aromatic carbocycles. The Bertz CT molecular complexity index is 1060. The molecule has 0 unspecified atom stereocenters. The second kappa shape index (κ2) is 8.47. The number of rotatable bonds is 4. The molecule has 1 aliphatic heterocycles. The molecule has 6 heteroatoms. The van der Waals surface area contributed by atoms with Gasteiger partial charge in [0.1, 0.15) is 0 Å². The molecule has 1 fully saturated rings. The summed E-state index contributed by atoms with van der Waals surface area (Å²) in [5.74, 6) is -0.121. The minimum Gasteiger partial charge on any atom is -0.322 e. The third-order valence-corrected chi connectivity index (χ3v) is 5.29. The van der Waals surface area contributed by atoms with Gasteiger partial charge in [-0.2, -0.15) is 0 Å². The van der Waals surface area contributed by atoms with Gasteiger partial charge in [0.25, 0.3) is 5.91 Å². The van der Waals surface area contributed by atoms with Crippen molar-refractivity contribution in [2.24, 2.45) is 0 Å². The van der Waals surface area contributed by atoms with Crippen molar-refractivity contribution in [1.82, 2.24) is 9.88 Å². The Morgan fingerprint density at radius 1 is 1.03 bits per heavy atom. The van der Waals surface area contributed by atoms with Crippen LogP contribution in [0.4, 0.5) is 11.4 Å². The van der Waals surface area contributed by atoms with E-state index in [4.69, 9.17) is 0 Å². The van der Waals surface area contributed by atoms with Gasteiger partial charge in [-0.25, -0.2) is 0 Å². The van der Waals surface area contributed by atoms with Gasteiger partial charge in [-0.15, -0.1) is 0 Å². The van der Waals surface area contributed by atoms with Gasteiger partial charge < -0.3 is 10.2 Å². The number of aromatic nitrogens is 1. The number of pyridine rings is 1. The van der Waals surface area contributed by atoms with Gasteiger partial charge in [0.15, 0.2) is 0 Å². The van der Waals surface area contributed by atoms with Crippen LogP contribution in [0.5, 0.6) is 0 Å². The second-order valence-corrected chi connectivity index (χ2v) is 7.53. The number of nitrogens with one attached hydrogen (secondary N) is 1. The van der Waals surface area contributed by atoms with Crippen LogP contribution < -0.4 is 10.2 Å². The molecule has 4 rings (SSSR count). The van der Waals surface area contributed by atoms with Gasteiger partial charge in [-0.05, 0) is 68.1 Å². The highest BCUT2D eigenvalue weighted by molar-refractivity contribution is 6.05. The van der Waals surface area contributed by atoms with E-state index >= 15 is 0 Å². The zero-order valence-corrected chi connectivity index (χ0v) is 17.1. The number of carbonyl (C=O) groups is 2. The highest BCUT2D eigenvalue weighted by Crippen LogP contribution is 2.25. The smallest absolute Gasteiger partial charge is 0.255 e. The van der Waals surface area contributed by atoms with E-state index in [9.17, 15) is 9.59 Å². The van der Waals surface area contributed by atoms with E-state index in [1.54, 1.807) is 23.2 Å². The van der Waals surface area contributed by atoms with Crippen LogP contribution in [0.2, 0.25) is 0 Å². The highest BCUT2D eigenvalue weighted by atomic mass is 16.2. The molecule has 2 heterocycles. The molecule has 1 N–H and O–H groups in total. The molecule has 0 aliphatic carbocycles. The van der Waals surface area contributed by atoms with E-state index < -0.39 is 0 Å². The lowest BCUT2D eigenvalue weighted by Gasteiger charge is -2.32. The number of aryl methyl sites for hydroxylation is 1. The molecule has 0 radical (unpaired) electrons.